The number of halogens is 1. The largest absolute Gasteiger partial charge is 0.351 e. The SMILES string of the molecule is Cn1cc(CN2C(=O)N=C3C(=CC(S(=O)(=O)NC4(C)CC4)=CC3Br)C2=O)cn1. The Balaban J connectivity index is 1.66. The number of allylic oxidation sites excluding steroid dienone is 2. The van der Waals surface area contributed by atoms with Crippen molar-refractivity contribution < 1.29 is 18.0 Å². The van der Waals surface area contributed by atoms with Crippen molar-refractivity contribution in [1.29, 1.82) is 0 Å². The second-order valence-corrected chi connectivity index (χ2v) is 10.1. The number of carbonyl (C=O) groups is 2. The van der Waals surface area contributed by atoms with Gasteiger partial charge in [-0.1, -0.05) is 15.9 Å². The summed E-state index contributed by atoms with van der Waals surface area (Å²) in [6.45, 7) is 1.84. The summed E-state index contributed by atoms with van der Waals surface area (Å²) in [6, 6.07) is -0.686. The fraction of sp³-hybridized carbons (Fsp3) is 0.412. The van der Waals surface area contributed by atoms with Crippen molar-refractivity contribution in [2.45, 2.75) is 36.7 Å². The summed E-state index contributed by atoms with van der Waals surface area (Å²) in [5, 5.41) is 4.02. The number of alkyl halides is 1. The number of imide groups is 1. The van der Waals surface area contributed by atoms with Crippen LogP contribution in [0.3, 0.4) is 0 Å². The summed E-state index contributed by atoms with van der Waals surface area (Å²) >= 11 is 3.33. The van der Waals surface area contributed by atoms with Gasteiger partial charge in [-0.25, -0.2) is 17.9 Å². The molecule has 0 saturated heterocycles. The molecule has 11 heteroatoms. The summed E-state index contributed by atoms with van der Waals surface area (Å²) < 4.78 is 29.7. The Kier molecular flexibility index (Phi) is 4.43. The Morgan fingerprint density at radius 1 is 1.36 bits per heavy atom. The average Bonchev–Trinajstić information content (AvgIpc) is 3.17. The summed E-state index contributed by atoms with van der Waals surface area (Å²) in [5.41, 5.74) is 0.539. The minimum atomic E-state index is -3.79. The highest BCUT2D eigenvalue weighted by molar-refractivity contribution is 9.10. The number of hydrogen-bond donors (Lipinski definition) is 1. The van der Waals surface area contributed by atoms with Crippen LogP contribution in [0.2, 0.25) is 0 Å². The number of nitrogens with zero attached hydrogens (tertiary/aromatic N) is 4. The predicted molar refractivity (Wildman–Crippen MR) is 105 cm³/mol. The van der Waals surface area contributed by atoms with Gasteiger partial charge in [-0.15, -0.1) is 0 Å². The van der Waals surface area contributed by atoms with E-state index in [1.165, 1.54) is 12.2 Å². The molecule has 1 aromatic heterocycles. The molecule has 3 amide bonds. The van der Waals surface area contributed by atoms with E-state index in [0.717, 1.165) is 17.7 Å². The summed E-state index contributed by atoms with van der Waals surface area (Å²) in [6.07, 6.45) is 7.51. The second-order valence-electron chi connectivity index (χ2n) is 7.39. The topological polar surface area (TPSA) is 114 Å². The van der Waals surface area contributed by atoms with Gasteiger partial charge in [-0.05, 0) is 31.9 Å². The third-order valence-electron chi connectivity index (χ3n) is 4.85. The van der Waals surface area contributed by atoms with Crippen LogP contribution in [0.25, 0.3) is 0 Å². The monoisotopic (exact) mass is 467 g/mol. The molecule has 1 saturated carbocycles. The number of sulfonamides is 1. The number of aliphatic imine (C=N–C) groups is 1. The molecule has 4 rings (SSSR count). The normalized spacial score (nSPS) is 23.8. The van der Waals surface area contributed by atoms with Crippen molar-refractivity contribution in [1.82, 2.24) is 19.4 Å². The average molecular weight is 468 g/mol. The molecule has 0 aromatic carbocycles. The van der Waals surface area contributed by atoms with Crippen molar-refractivity contribution in [3.63, 3.8) is 0 Å². The maximum Gasteiger partial charge on any atom is 0.351 e. The lowest BCUT2D eigenvalue weighted by molar-refractivity contribution is -0.124. The molecule has 0 bridgehead atoms. The Morgan fingerprint density at radius 3 is 2.68 bits per heavy atom. The van der Waals surface area contributed by atoms with Gasteiger partial charge in [0.25, 0.3) is 5.91 Å². The van der Waals surface area contributed by atoms with Crippen molar-refractivity contribution in [3.8, 4) is 0 Å². The first-order valence-corrected chi connectivity index (χ1v) is 11.0. The van der Waals surface area contributed by atoms with Gasteiger partial charge in [-0.2, -0.15) is 10.1 Å². The fourth-order valence-electron chi connectivity index (χ4n) is 3.04. The fourth-order valence-corrected chi connectivity index (χ4v) is 5.41. The predicted octanol–water partition coefficient (Wildman–Crippen LogP) is 1.38. The van der Waals surface area contributed by atoms with Crippen molar-refractivity contribution in [3.05, 3.63) is 40.6 Å². The molecule has 1 aliphatic heterocycles. The van der Waals surface area contributed by atoms with E-state index in [1.807, 2.05) is 6.92 Å². The Labute approximate surface area is 170 Å². The lowest BCUT2D eigenvalue weighted by atomic mass is 9.99. The number of aryl methyl sites for hydroxylation is 1. The highest BCUT2D eigenvalue weighted by atomic mass is 79.9. The lowest BCUT2D eigenvalue weighted by Gasteiger charge is -2.28. The molecule has 28 heavy (non-hydrogen) atoms. The minimum absolute atomic E-state index is 0.00863. The van der Waals surface area contributed by atoms with Gasteiger partial charge in [0.2, 0.25) is 10.0 Å². The summed E-state index contributed by atoms with van der Waals surface area (Å²) in [7, 11) is -2.06. The maximum absolute atomic E-state index is 13.0. The van der Waals surface area contributed by atoms with Crippen molar-refractivity contribution >= 4 is 43.6 Å². The number of hydrogen-bond acceptors (Lipinski definition) is 5. The number of rotatable bonds is 5. The number of urea groups is 1. The highest BCUT2D eigenvalue weighted by Gasteiger charge is 2.43. The summed E-state index contributed by atoms with van der Waals surface area (Å²) in [5.74, 6) is -0.582. The maximum atomic E-state index is 13.0. The molecule has 2 aliphatic carbocycles. The lowest BCUT2D eigenvalue weighted by Crippen LogP contribution is -2.45. The van der Waals surface area contributed by atoms with Gasteiger partial charge in [0.1, 0.15) is 0 Å². The van der Waals surface area contributed by atoms with Crippen LogP contribution in [0.15, 0.2) is 40.0 Å². The van der Waals surface area contributed by atoms with Crippen molar-refractivity contribution in [2.75, 3.05) is 0 Å². The van der Waals surface area contributed by atoms with E-state index < -0.39 is 32.3 Å². The standard InChI is InChI=1S/C17H18BrN5O4S/c1-17(3-4-17)21-28(26,27)11-5-12-14(13(18)6-11)20-16(25)23(15(12)24)9-10-7-19-22(2)8-10/h5-8,13,21H,3-4,9H2,1-2H3. The molecule has 0 spiro atoms. The van der Waals surface area contributed by atoms with Crippen LogP contribution in [0.1, 0.15) is 25.3 Å². The number of fused-ring (bicyclic) bond motifs is 1. The molecule has 1 aromatic rings. The van der Waals surface area contributed by atoms with E-state index in [2.05, 4.69) is 30.7 Å². The van der Waals surface area contributed by atoms with E-state index in [1.54, 1.807) is 24.1 Å². The zero-order chi connectivity index (χ0) is 20.3. The highest BCUT2D eigenvalue weighted by Crippen LogP contribution is 2.37. The van der Waals surface area contributed by atoms with Gasteiger partial charge in [0.15, 0.2) is 0 Å². The first-order chi connectivity index (χ1) is 13.1. The molecule has 1 unspecified atom stereocenters. The smallest absolute Gasteiger partial charge is 0.275 e. The first kappa shape index (κ1) is 19.2. The molecule has 2 heterocycles. The Hall–Kier alpha value is -2.11. The molecule has 3 aliphatic rings. The van der Waals surface area contributed by atoms with Gasteiger partial charge in [0, 0.05) is 24.3 Å². The van der Waals surface area contributed by atoms with E-state index in [-0.39, 0.29) is 22.7 Å². The van der Waals surface area contributed by atoms with E-state index >= 15 is 0 Å². The first-order valence-electron chi connectivity index (χ1n) is 8.62. The zero-order valence-corrected chi connectivity index (χ0v) is 17.6. The third kappa shape index (κ3) is 3.49. The van der Waals surface area contributed by atoms with Crippen LogP contribution >= 0.6 is 15.9 Å². The molecular formula is C17H18BrN5O4S. The second kappa shape index (κ2) is 6.46. The van der Waals surface area contributed by atoms with Gasteiger partial charge >= 0.3 is 6.03 Å². The summed E-state index contributed by atoms with van der Waals surface area (Å²) in [4.78, 5) is 29.7. The molecular weight excluding hydrogens is 450 g/mol. The number of aromatic nitrogens is 2. The van der Waals surface area contributed by atoms with E-state index in [9.17, 15) is 18.0 Å². The van der Waals surface area contributed by atoms with Crippen molar-refractivity contribution in [2.24, 2.45) is 12.0 Å². The molecule has 9 nitrogen and oxygen atoms in total. The minimum Gasteiger partial charge on any atom is -0.275 e. The molecule has 1 fully saturated rings. The van der Waals surface area contributed by atoms with Crippen LogP contribution in [0.5, 0.6) is 0 Å². The van der Waals surface area contributed by atoms with Crippen LogP contribution in [-0.2, 0) is 28.4 Å². The van der Waals surface area contributed by atoms with Gasteiger partial charge < -0.3 is 0 Å². The van der Waals surface area contributed by atoms with Gasteiger partial charge in [0.05, 0.1) is 33.8 Å². The third-order valence-corrected chi connectivity index (χ3v) is 7.18. The van der Waals surface area contributed by atoms with E-state index in [4.69, 9.17) is 0 Å². The van der Waals surface area contributed by atoms with Crippen LogP contribution in [-0.4, -0.2) is 51.1 Å². The number of nitrogens with one attached hydrogen (secondary N) is 1. The van der Waals surface area contributed by atoms with E-state index in [0.29, 0.717) is 5.56 Å². The quantitative estimate of drug-likeness (QED) is 0.656. The molecule has 1 atom stereocenters. The van der Waals surface area contributed by atoms with Gasteiger partial charge in [-0.3, -0.25) is 14.4 Å². The van der Waals surface area contributed by atoms with Crippen LogP contribution < -0.4 is 4.72 Å². The molecule has 148 valence electrons. The number of carbonyl (C=O) groups excluding carboxylic acids is 2. The molecule has 0 radical (unpaired) electrons. The van der Waals surface area contributed by atoms with Crippen LogP contribution in [0.4, 0.5) is 4.79 Å². The van der Waals surface area contributed by atoms with Crippen LogP contribution in [0, 0.1) is 0 Å². The Bertz CT molecular complexity index is 1080. The zero-order valence-electron chi connectivity index (χ0n) is 15.2. The number of amides is 3. The Morgan fingerprint density at radius 2 is 2.07 bits per heavy atom. The molecule has 1 N–H and O–H groups in total.